The van der Waals surface area contributed by atoms with E-state index in [4.69, 9.17) is 9.47 Å². The van der Waals surface area contributed by atoms with Gasteiger partial charge in [-0.05, 0) is 41.5 Å². The molecule has 2 aliphatic rings. The van der Waals surface area contributed by atoms with Crippen LogP contribution in [0.3, 0.4) is 0 Å². The van der Waals surface area contributed by atoms with Crippen LogP contribution in [-0.2, 0) is 9.47 Å². The number of carbonyl (C=O) groups excluding carboxylic acids is 2. The van der Waals surface area contributed by atoms with E-state index in [0.717, 1.165) is 9.91 Å². The Morgan fingerprint density at radius 3 is 2.04 bits per heavy atom. The Bertz CT molecular complexity index is 528. The van der Waals surface area contributed by atoms with E-state index in [0.29, 0.717) is 0 Å². The van der Waals surface area contributed by atoms with Gasteiger partial charge < -0.3 is 9.47 Å². The van der Waals surface area contributed by atoms with Crippen molar-refractivity contribution in [3.63, 3.8) is 0 Å². The predicted octanol–water partition coefficient (Wildman–Crippen LogP) is 2.36. The molecule has 2 aliphatic heterocycles. The zero-order valence-corrected chi connectivity index (χ0v) is 14.9. The smallest absolute Gasteiger partial charge is 0.424 e. The van der Waals surface area contributed by atoms with Crippen molar-refractivity contribution in [2.24, 2.45) is 0 Å². The number of alkyl halides is 2. The summed E-state index contributed by atoms with van der Waals surface area (Å²) >= 11 is 0. The molecule has 0 spiro atoms. The van der Waals surface area contributed by atoms with Gasteiger partial charge in [-0.3, -0.25) is 4.90 Å². The summed E-state index contributed by atoms with van der Waals surface area (Å²) < 4.78 is 38.8. The third kappa shape index (κ3) is 4.06. The second kappa shape index (κ2) is 5.72. The lowest BCUT2D eigenvalue weighted by Crippen LogP contribution is -2.49. The maximum absolute atomic E-state index is 14.2. The monoisotopic (exact) mass is 349 g/mol. The van der Waals surface area contributed by atoms with Crippen molar-refractivity contribution in [3.05, 3.63) is 0 Å². The van der Waals surface area contributed by atoms with Crippen molar-refractivity contribution in [1.82, 2.24) is 15.3 Å². The normalized spacial score (nSPS) is 26.3. The van der Waals surface area contributed by atoms with Gasteiger partial charge in [-0.2, -0.15) is 0 Å². The van der Waals surface area contributed by atoms with Crippen LogP contribution in [-0.4, -0.2) is 64.4 Å². The number of hydrogen-bond acceptors (Lipinski definition) is 5. The number of likely N-dealkylation sites (tertiary alicyclic amines) is 1. The molecular weight excluding hydrogens is 324 g/mol. The first kappa shape index (κ1) is 18.7. The van der Waals surface area contributed by atoms with E-state index in [1.165, 1.54) is 0 Å². The quantitative estimate of drug-likeness (QED) is 0.727. The lowest BCUT2D eigenvalue weighted by molar-refractivity contribution is -0.0335. The van der Waals surface area contributed by atoms with E-state index in [9.17, 15) is 18.4 Å². The molecule has 2 atom stereocenters. The van der Waals surface area contributed by atoms with Gasteiger partial charge in [0, 0.05) is 0 Å². The van der Waals surface area contributed by atoms with Crippen LogP contribution in [0.1, 0.15) is 41.5 Å². The highest BCUT2D eigenvalue weighted by atomic mass is 19.3. The second-order valence-electron chi connectivity index (χ2n) is 8.13. The number of ether oxygens (including phenoxy) is 2. The number of rotatable bonds is 0. The van der Waals surface area contributed by atoms with Gasteiger partial charge in [-0.15, -0.1) is 0 Å². The van der Waals surface area contributed by atoms with Crippen molar-refractivity contribution in [2.75, 3.05) is 13.1 Å². The number of hydrogen-bond donors (Lipinski definition) is 1. The molecule has 2 saturated heterocycles. The number of carbonyl (C=O) groups is 2. The summed E-state index contributed by atoms with van der Waals surface area (Å²) in [6, 6.07) is -2.22. The highest BCUT2D eigenvalue weighted by molar-refractivity contribution is 5.71. The van der Waals surface area contributed by atoms with Crippen molar-refractivity contribution in [1.29, 1.82) is 0 Å². The first-order chi connectivity index (χ1) is 10.7. The minimum Gasteiger partial charge on any atom is -0.444 e. The number of hydrazine groups is 1. The van der Waals surface area contributed by atoms with Gasteiger partial charge in [0.1, 0.15) is 17.2 Å². The number of nitrogens with one attached hydrogen (secondary N) is 1. The molecule has 2 unspecified atom stereocenters. The molecule has 0 aromatic heterocycles. The molecule has 1 N–H and O–H groups in total. The molecule has 2 heterocycles. The molecule has 7 nitrogen and oxygen atoms in total. The third-order valence-electron chi connectivity index (χ3n) is 3.53. The maximum Gasteiger partial charge on any atom is 0.424 e. The average molecular weight is 349 g/mol. The van der Waals surface area contributed by atoms with Crippen molar-refractivity contribution >= 4 is 12.2 Å². The highest BCUT2D eigenvalue weighted by Crippen LogP contribution is 2.37. The summed E-state index contributed by atoms with van der Waals surface area (Å²) in [6.45, 7) is 9.21. The molecular formula is C15H25F2N3O4. The Balaban J connectivity index is 2.12. The van der Waals surface area contributed by atoms with Gasteiger partial charge in [-0.25, -0.2) is 28.8 Å². The molecule has 0 aliphatic carbocycles. The van der Waals surface area contributed by atoms with Crippen LogP contribution in [0.2, 0.25) is 0 Å². The molecule has 2 fully saturated rings. The average Bonchev–Trinajstić information content (AvgIpc) is 2.85. The van der Waals surface area contributed by atoms with Gasteiger partial charge in [0.15, 0.2) is 0 Å². The molecule has 2 amide bonds. The van der Waals surface area contributed by atoms with E-state index in [1.807, 2.05) is 0 Å². The van der Waals surface area contributed by atoms with Crippen LogP contribution < -0.4 is 5.43 Å². The lowest BCUT2D eigenvalue weighted by atomic mass is 10.1. The minimum absolute atomic E-state index is 0.0889. The topological polar surface area (TPSA) is 71.1 Å². The number of amides is 2. The van der Waals surface area contributed by atoms with E-state index >= 15 is 0 Å². The number of fused-ring (bicyclic) bond motifs is 1. The van der Waals surface area contributed by atoms with Crippen LogP contribution in [0, 0.1) is 0 Å². The Hall–Kier alpha value is -1.64. The fourth-order valence-electron chi connectivity index (χ4n) is 2.66. The third-order valence-corrected chi connectivity index (χ3v) is 3.53. The fourth-order valence-corrected chi connectivity index (χ4v) is 2.66. The molecule has 0 aromatic rings. The first-order valence-corrected chi connectivity index (χ1v) is 7.84. The van der Waals surface area contributed by atoms with Crippen molar-refractivity contribution in [3.8, 4) is 0 Å². The molecule has 9 heteroatoms. The summed E-state index contributed by atoms with van der Waals surface area (Å²) in [6.07, 6.45) is -1.57. The maximum atomic E-state index is 14.2. The van der Waals surface area contributed by atoms with Crippen LogP contribution in [0.4, 0.5) is 18.4 Å². The fraction of sp³-hybridized carbons (Fsp3) is 0.867. The molecule has 2 rings (SSSR count). The van der Waals surface area contributed by atoms with Crippen molar-refractivity contribution < 1.29 is 27.8 Å². The van der Waals surface area contributed by atoms with Crippen LogP contribution >= 0.6 is 0 Å². The molecule has 138 valence electrons. The zero-order valence-electron chi connectivity index (χ0n) is 14.9. The first-order valence-electron chi connectivity index (χ1n) is 7.84. The summed E-state index contributed by atoms with van der Waals surface area (Å²) in [5.41, 5.74) is 0.936. The minimum atomic E-state index is -3.17. The SMILES string of the molecule is CC(C)(C)OC(=O)N1CC2C(N1)C(F)(F)CN2C(=O)OC(C)(C)C. The zero-order chi connectivity index (χ0) is 18.5. The Labute approximate surface area is 140 Å². The largest absolute Gasteiger partial charge is 0.444 e. The summed E-state index contributed by atoms with van der Waals surface area (Å²) in [4.78, 5) is 25.3. The van der Waals surface area contributed by atoms with E-state index in [1.54, 1.807) is 41.5 Å². The summed E-state index contributed by atoms with van der Waals surface area (Å²) in [5.74, 6) is -3.17. The molecule has 24 heavy (non-hydrogen) atoms. The van der Waals surface area contributed by atoms with E-state index < -0.39 is 47.9 Å². The number of halogens is 2. The van der Waals surface area contributed by atoms with Gasteiger partial charge in [0.25, 0.3) is 5.92 Å². The van der Waals surface area contributed by atoms with Gasteiger partial charge in [-0.1, -0.05) is 0 Å². The van der Waals surface area contributed by atoms with E-state index in [-0.39, 0.29) is 6.54 Å². The predicted molar refractivity (Wildman–Crippen MR) is 81.5 cm³/mol. The van der Waals surface area contributed by atoms with Gasteiger partial charge in [0.2, 0.25) is 0 Å². The molecule has 0 saturated carbocycles. The van der Waals surface area contributed by atoms with Crippen LogP contribution in [0.25, 0.3) is 0 Å². The van der Waals surface area contributed by atoms with Gasteiger partial charge in [0.05, 0.1) is 19.1 Å². The lowest BCUT2D eigenvalue weighted by Gasteiger charge is -2.28. The van der Waals surface area contributed by atoms with E-state index in [2.05, 4.69) is 5.43 Å². The molecule has 0 radical (unpaired) electrons. The summed E-state index contributed by atoms with van der Waals surface area (Å²) in [5, 5.41) is 0.991. The Kier molecular flexibility index (Phi) is 4.45. The number of nitrogens with zero attached hydrogens (tertiary/aromatic N) is 2. The highest BCUT2D eigenvalue weighted by Gasteiger charge is 2.61. The van der Waals surface area contributed by atoms with Gasteiger partial charge >= 0.3 is 12.2 Å². The second-order valence-corrected chi connectivity index (χ2v) is 8.13. The summed E-state index contributed by atoms with van der Waals surface area (Å²) in [7, 11) is 0. The van der Waals surface area contributed by atoms with Crippen LogP contribution in [0.5, 0.6) is 0 Å². The molecule has 0 aromatic carbocycles. The molecule has 0 bridgehead atoms. The standard InChI is InChI=1S/C15H25F2N3O4/c1-13(2,3)23-11(21)19-8-15(16,17)10-9(19)7-20(18-10)12(22)24-14(4,5)6/h9-10,18H,7-8H2,1-6H3. The van der Waals surface area contributed by atoms with Crippen LogP contribution in [0.15, 0.2) is 0 Å². The Morgan fingerprint density at radius 2 is 1.54 bits per heavy atom. The Morgan fingerprint density at radius 1 is 1.04 bits per heavy atom. The van der Waals surface area contributed by atoms with Crippen molar-refractivity contribution in [2.45, 2.75) is 70.8 Å².